The van der Waals surface area contributed by atoms with Crippen LogP contribution < -0.4 is 9.62 Å². The first kappa shape index (κ1) is 20.3. The molecular weight excluding hydrogens is 395 g/mol. The molecule has 0 saturated carbocycles. The van der Waals surface area contributed by atoms with Crippen LogP contribution in [0.25, 0.3) is 0 Å². The van der Waals surface area contributed by atoms with Crippen LogP contribution >= 0.6 is 23.2 Å². The first-order valence-electron chi connectivity index (χ1n) is 7.64. The molecule has 0 aromatic heterocycles. The summed E-state index contributed by atoms with van der Waals surface area (Å²) in [5.41, 5.74) is 1.48. The summed E-state index contributed by atoms with van der Waals surface area (Å²) in [6.45, 7) is 3.97. The lowest BCUT2D eigenvalue weighted by atomic mass is 10.1. The second kappa shape index (κ2) is 8.58. The fourth-order valence-corrected chi connectivity index (χ4v) is 3.60. The standard InChI is InChI=1S/C18H18Cl2N2O3S/c1-3-11-21-18(23)14-9-7-13(8-10-14)12-22(26(2,24)25)16-6-4-5-15(19)17(16)20/h3-10H,1,11-12H2,2H3,(H,21,23). The molecule has 0 bridgehead atoms. The molecule has 2 aromatic rings. The Morgan fingerprint density at radius 3 is 2.42 bits per heavy atom. The van der Waals surface area contributed by atoms with Crippen LogP contribution in [0.15, 0.2) is 55.1 Å². The van der Waals surface area contributed by atoms with E-state index in [1.54, 1.807) is 48.5 Å². The van der Waals surface area contributed by atoms with Gasteiger partial charge < -0.3 is 5.32 Å². The number of nitrogens with zero attached hydrogens (tertiary/aromatic N) is 1. The summed E-state index contributed by atoms with van der Waals surface area (Å²) < 4.78 is 25.7. The van der Waals surface area contributed by atoms with E-state index in [4.69, 9.17) is 23.2 Å². The van der Waals surface area contributed by atoms with Crippen molar-refractivity contribution in [1.82, 2.24) is 5.32 Å². The predicted octanol–water partition coefficient (Wildman–Crippen LogP) is 3.88. The van der Waals surface area contributed by atoms with Crippen molar-refractivity contribution in [1.29, 1.82) is 0 Å². The number of sulfonamides is 1. The van der Waals surface area contributed by atoms with Gasteiger partial charge in [0.1, 0.15) is 0 Å². The maximum absolute atomic E-state index is 12.2. The minimum Gasteiger partial charge on any atom is -0.349 e. The van der Waals surface area contributed by atoms with E-state index in [1.807, 2.05) is 0 Å². The van der Waals surface area contributed by atoms with Gasteiger partial charge in [0.05, 0.1) is 28.5 Å². The van der Waals surface area contributed by atoms with E-state index in [-0.39, 0.29) is 22.5 Å². The number of nitrogens with one attached hydrogen (secondary N) is 1. The monoisotopic (exact) mass is 412 g/mol. The summed E-state index contributed by atoms with van der Waals surface area (Å²) in [6, 6.07) is 11.5. The topological polar surface area (TPSA) is 66.5 Å². The number of halogens is 2. The highest BCUT2D eigenvalue weighted by Crippen LogP contribution is 2.34. The summed E-state index contributed by atoms with van der Waals surface area (Å²) in [7, 11) is -3.59. The third-order valence-corrected chi connectivity index (χ3v) is 5.48. The van der Waals surface area contributed by atoms with E-state index < -0.39 is 10.0 Å². The summed E-state index contributed by atoms with van der Waals surface area (Å²) >= 11 is 12.2. The van der Waals surface area contributed by atoms with Gasteiger partial charge in [-0.1, -0.05) is 47.5 Å². The lowest BCUT2D eigenvalue weighted by Crippen LogP contribution is -2.29. The highest BCUT2D eigenvalue weighted by molar-refractivity contribution is 7.92. The number of benzene rings is 2. The van der Waals surface area contributed by atoms with E-state index in [1.165, 1.54) is 4.31 Å². The molecule has 0 aliphatic carbocycles. The van der Waals surface area contributed by atoms with Crippen LogP contribution in [0.4, 0.5) is 5.69 Å². The van der Waals surface area contributed by atoms with Gasteiger partial charge in [-0.3, -0.25) is 9.10 Å². The zero-order valence-electron chi connectivity index (χ0n) is 14.1. The number of rotatable bonds is 7. The van der Waals surface area contributed by atoms with Gasteiger partial charge in [-0.05, 0) is 29.8 Å². The first-order chi connectivity index (χ1) is 12.2. The van der Waals surface area contributed by atoms with Crippen molar-refractivity contribution in [3.63, 3.8) is 0 Å². The molecule has 26 heavy (non-hydrogen) atoms. The van der Waals surface area contributed by atoms with Crippen molar-refractivity contribution in [3.05, 3.63) is 76.3 Å². The predicted molar refractivity (Wildman–Crippen MR) is 106 cm³/mol. The molecule has 0 atom stereocenters. The van der Waals surface area contributed by atoms with E-state index in [9.17, 15) is 13.2 Å². The minimum atomic E-state index is -3.59. The maximum Gasteiger partial charge on any atom is 0.251 e. The fraction of sp³-hybridized carbons (Fsp3) is 0.167. The third kappa shape index (κ3) is 5.00. The number of carbonyl (C=O) groups is 1. The van der Waals surface area contributed by atoms with E-state index >= 15 is 0 Å². The zero-order valence-corrected chi connectivity index (χ0v) is 16.4. The van der Waals surface area contributed by atoms with Crippen molar-refractivity contribution in [2.75, 3.05) is 17.1 Å². The van der Waals surface area contributed by atoms with Gasteiger partial charge in [0, 0.05) is 12.1 Å². The first-order valence-corrected chi connectivity index (χ1v) is 10.2. The third-order valence-electron chi connectivity index (χ3n) is 3.55. The SMILES string of the molecule is C=CCNC(=O)c1ccc(CN(c2cccc(Cl)c2Cl)S(C)(=O)=O)cc1. The van der Waals surface area contributed by atoms with Crippen LogP contribution in [0.1, 0.15) is 15.9 Å². The average Bonchev–Trinajstić information content (AvgIpc) is 2.60. The molecule has 8 heteroatoms. The quantitative estimate of drug-likeness (QED) is 0.701. The second-order valence-electron chi connectivity index (χ2n) is 5.54. The Labute approximate surface area is 163 Å². The molecule has 5 nitrogen and oxygen atoms in total. The summed E-state index contributed by atoms with van der Waals surface area (Å²) in [6.07, 6.45) is 2.69. The molecule has 2 rings (SSSR count). The molecule has 138 valence electrons. The van der Waals surface area contributed by atoms with Crippen LogP contribution in [-0.2, 0) is 16.6 Å². The smallest absolute Gasteiger partial charge is 0.251 e. The number of hydrogen-bond donors (Lipinski definition) is 1. The van der Waals surface area contributed by atoms with Crippen LogP contribution in [0.5, 0.6) is 0 Å². The zero-order chi connectivity index (χ0) is 19.3. The number of amides is 1. The largest absolute Gasteiger partial charge is 0.349 e. The summed E-state index contributed by atoms with van der Waals surface area (Å²) in [4.78, 5) is 11.9. The van der Waals surface area contributed by atoms with Gasteiger partial charge in [-0.15, -0.1) is 6.58 Å². The Morgan fingerprint density at radius 1 is 1.19 bits per heavy atom. The van der Waals surface area contributed by atoms with Crippen LogP contribution in [0, 0.1) is 0 Å². The molecule has 0 aliphatic heterocycles. The lowest BCUT2D eigenvalue weighted by molar-refractivity contribution is 0.0958. The molecule has 1 amide bonds. The molecule has 1 N–H and O–H groups in total. The second-order valence-corrected chi connectivity index (χ2v) is 8.23. The van der Waals surface area contributed by atoms with Crippen molar-refractivity contribution in [2.24, 2.45) is 0 Å². The van der Waals surface area contributed by atoms with Crippen LogP contribution in [0.3, 0.4) is 0 Å². The molecule has 2 aromatic carbocycles. The minimum absolute atomic E-state index is 0.0629. The maximum atomic E-state index is 12.2. The van der Waals surface area contributed by atoms with Crippen molar-refractivity contribution in [2.45, 2.75) is 6.54 Å². The van der Waals surface area contributed by atoms with Gasteiger partial charge in [0.15, 0.2) is 0 Å². The number of anilines is 1. The Morgan fingerprint density at radius 2 is 1.85 bits per heavy atom. The summed E-state index contributed by atoms with van der Waals surface area (Å²) in [5.74, 6) is -0.227. The van der Waals surface area contributed by atoms with Gasteiger partial charge in [0.2, 0.25) is 10.0 Å². The molecule has 0 heterocycles. The van der Waals surface area contributed by atoms with Crippen LogP contribution in [-0.4, -0.2) is 27.1 Å². The van der Waals surface area contributed by atoms with Crippen molar-refractivity contribution >= 4 is 44.8 Å². The molecule has 0 spiro atoms. The Kier molecular flexibility index (Phi) is 6.69. The van der Waals surface area contributed by atoms with Gasteiger partial charge >= 0.3 is 0 Å². The van der Waals surface area contributed by atoms with Crippen LogP contribution in [0.2, 0.25) is 10.0 Å². The number of carbonyl (C=O) groups excluding carboxylic acids is 1. The highest BCUT2D eigenvalue weighted by atomic mass is 35.5. The highest BCUT2D eigenvalue weighted by Gasteiger charge is 2.21. The average molecular weight is 413 g/mol. The Bertz CT molecular complexity index is 913. The number of hydrogen-bond acceptors (Lipinski definition) is 3. The molecule has 0 fully saturated rings. The van der Waals surface area contributed by atoms with Gasteiger partial charge in [-0.25, -0.2) is 8.42 Å². The van der Waals surface area contributed by atoms with Gasteiger partial charge in [0.25, 0.3) is 5.91 Å². The molecule has 0 saturated heterocycles. The molecular formula is C18H18Cl2N2O3S. The fourth-order valence-electron chi connectivity index (χ4n) is 2.26. The van der Waals surface area contributed by atoms with E-state index in [2.05, 4.69) is 11.9 Å². The molecule has 0 unspecified atom stereocenters. The normalized spacial score (nSPS) is 11.0. The molecule has 0 aliphatic rings. The van der Waals surface area contributed by atoms with Crippen molar-refractivity contribution < 1.29 is 13.2 Å². The van der Waals surface area contributed by atoms with Crippen molar-refractivity contribution in [3.8, 4) is 0 Å². The van der Waals surface area contributed by atoms with Gasteiger partial charge in [-0.2, -0.15) is 0 Å². The Balaban J connectivity index is 2.29. The lowest BCUT2D eigenvalue weighted by Gasteiger charge is -2.24. The Hall–Kier alpha value is -2.02. The summed E-state index contributed by atoms with van der Waals surface area (Å²) in [5, 5.41) is 3.11. The molecule has 0 radical (unpaired) electrons. The van der Waals surface area contributed by atoms with E-state index in [0.29, 0.717) is 23.4 Å². The van der Waals surface area contributed by atoms with E-state index in [0.717, 1.165) is 6.26 Å².